The molecule has 0 fully saturated rings. The highest BCUT2D eigenvalue weighted by molar-refractivity contribution is 14.1. The molecular formula is C11H13BrIN5O. The van der Waals surface area contributed by atoms with E-state index in [4.69, 9.17) is 0 Å². The third kappa shape index (κ3) is 3.78. The summed E-state index contributed by atoms with van der Waals surface area (Å²) in [5.41, 5.74) is 1.48. The zero-order valence-corrected chi connectivity index (χ0v) is 14.0. The fraction of sp³-hybridized carbons (Fsp3) is 0.364. The van der Waals surface area contributed by atoms with Crippen LogP contribution >= 0.6 is 38.5 Å². The highest BCUT2D eigenvalue weighted by Gasteiger charge is 2.10. The Bertz CT molecular complexity index is 560. The van der Waals surface area contributed by atoms with Gasteiger partial charge in [-0.2, -0.15) is 10.2 Å². The van der Waals surface area contributed by atoms with Gasteiger partial charge in [0.15, 0.2) is 0 Å². The molecule has 8 heteroatoms. The van der Waals surface area contributed by atoms with Gasteiger partial charge >= 0.3 is 0 Å². The molecule has 102 valence electrons. The maximum Gasteiger partial charge on any atom is 0.270 e. The van der Waals surface area contributed by atoms with Crippen molar-refractivity contribution < 1.29 is 4.79 Å². The summed E-state index contributed by atoms with van der Waals surface area (Å²) in [4.78, 5) is 11.8. The SMILES string of the molecule is Cc1nn(CCCNC(=O)c2[nH]ncc2I)cc1Br. The van der Waals surface area contributed by atoms with E-state index in [9.17, 15) is 4.79 Å². The van der Waals surface area contributed by atoms with Crippen LogP contribution in [0.5, 0.6) is 0 Å². The molecule has 0 aliphatic rings. The number of aromatic nitrogens is 4. The molecule has 0 atom stereocenters. The number of hydrogen-bond acceptors (Lipinski definition) is 3. The molecule has 19 heavy (non-hydrogen) atoms. The van der Waals surface area contributed by atoms with Crippen molar-refractivity contribution in [2.75, 3.05) is 6.54 Å². The van der Waals surface area contributed by atoms with Crippen LogP contribution in [0.2, 0.25) is 0 Å². The van der Waals surface area contributed by atoms with E-state index in [0.717, 1.165) is 26.7 Å². The molecule has 2 rings (SSSR count). The number of hydrogen-bond donors (Lipinski definition) is 2. The first kappa shape index (κ1) is 14.5. The molecule has 0 aromatic carbocycles. The number of halogens is 2. The fourth-order valence-electron chi connectivity index (χ4n) is 1.57. The number of amides is 1. The Morgan fingerprint density at radius 1 is 1.63 bits per heavy atom. The van der Waals surface area contributed by atoms with Crippen LogP contribution in [-0.2, 0) is 6.54 Å². The molecule has 2 N–H and O–H groups in total. The van der Waals surface area contributed by atoms with Crippen LogP contribution in [-0.4, -0.2) is 32.4 Å². The van der Waals surface area contributed by atoms with E-state index >= 15 is 0 Å². The number of carbonyl (C=O) groups is 1. The van der Waals surface area contributed by atoms with E-state index in [2.05, 4.69) is 59.1 Å². The van der Waals surface area contributed by atoms with Gasteiger partial charge in [-0.1, -0.05) is 0 Å². The largest absolute Gasteiger partial charge is 0.351 e. The molecule has 1 amide bonds. The van der Waals surface area contributed by atoms with Crippen LogP contribution in [0.3, 0.4) is 0 Å². The van der Waals surface area contributed by atoms with Crippen LogP contribution in [0, 0.1) is 10.5 Å². The molecule has 0 saturated carbocycles. The van der Waals surface area contributed by atoms with Gasteiger partial charge in [-0.05, 0) is 51.9 Å². The smallest absolute Gasteiger partial charge is 0.270 e. The number of carbonyl (C=O) groups excluding carboxylic acids is 1. The molecule has 0 spiro atoms. The summed E-state index contributed by atoms with van der Waals surface area (Å²) in [6.07, 6.45) is 4.39. The van der Waals surface area contributed by atoms with Gasteiger partial charge in [0.1, 0.15) is 5.69 Å². The summed E-state index contributed by atoms with van der Waals surface area (Å²) in [7, 11) is 0. The predicted octanol–water partition coefficient (Wildman–Crippen LogP) is 2.10. The average Bonchev–Trinajstić information content (AvgIpc) is 2.92. The van der Waals surface area contributed by atoms with Gasteiger partial charge in [-0.25, -0.2) is 0 Å². The van der Waals surface area contributed by atoms with Crippen LogP contribution < -0.4 is 5.32 Å². The molecule has 0 aliphatic carbocycles. The second kappa shape index (κ2) is 6.51. The molecule has 0 aliphatic heterocycles. The number of nitrogens with one attached hydrogen (secondary N) is 2. The van der Waals surface area contributed by atoms with E-state index in [1.807, 2.05) is 17.8 Å². The molecule has 6 nitrogen and oxygen atoms in total. The average molecular weight is 438 g/mol. The van der Waals surface area contributed by atoms with Crippen LogP contribution in [0.4, 0.5) is 0 Å². The van der Waals surface area contributed by atoms with Crippen LogP contribution in [0.1, 0.15) is 22.6 Å². The second-order valence-corrected chi connectivity index (χ2v) is 6.04. The van der Waals surface area contributed by atoms with Gasteiger partial charge in [0.2, 0.25) is 0 Å². The van der Waals surface area contributed by atoms with Crippen molar-refractivity contribution in [1.82, 2.24) is 25.3 Å². The maximum atomic E-state index is 11.8. The topological polar surface area (TPSA) is 75.6 Å². The summed E-state index contributed by atoms with van der Waals surface area (Å²) in [6, 6.07) is 0. The summed E-state index contributed by atoms with van der Waals surface area (Å²) in [5, 5.41) is 13.7. The maximum absolute atomic E-state index is 11.8. The summed E-state index contributed by atoms with van der Waals surface area (Å²) >= 11 is 5.49. The molecule has 0 unspecified atom stereocenters. The van der Waals surface area contributed by atoms with Gasteiger partial charge in [-0.3, -0.25) is 14.6 Å². The van der Waals surface area contributed by atoms with Gasteiger partial charge in [-0.15, -0.1) is 0 Å². The Morgan fingerprint density at radius 2 is 2.42 bits per heavy atom. The second-order valence-electron chi connectivity index (χ2n) is 4.03. The number of aryl methyl sites for hydroxylation is 2. The first-order valence-electron chi connectivity index (χ1n) is 5.74. The van der Waals surface area contributed by atoms with Crippen molar-refractivity contribution in [2.24, 2.45) is 0 Å². The molecule has 2 aromatic rings. The Balaban J connectivity index is 1.75. The lowest BCUT2D eigenvalue weighted by Crippen LogP contribution is -2.26. The van der Waals surface area contributed by atoms with Gasteiger partial charge < -0.3 is 5.32 Å². The minimum absolute atomic E-state index is 0.125. The van der Waals surface area contributed by atoms with Gasteiger partial charge in [0.05, 0.1) is 19.9 Å². The number of aromatic amines is 1. The van der Waals surface area contributed by atoms with E-state index in [1.54, 1.807) is 6.20 Å². The first-order valence-corrected chi connectivity index (χ1v) is 7.61. The zero-order valence-electron chi connectivity index (χ0n) is 10.3. The zero-order chi connectivity index (χ0) is 13.8. The number of nitrogens with zero attached hydrogens (tertiary/aromatic N) is 3. The summed E-state index contributed by atoms with van der Waals surface area (Å²) in [6.45, 7) is 3.32. The molecule has 0 bridgehead atoms. The summed E-state index contributed by atoms with van der Waals surface area (Å²) in [5.74, 6) is -0.125. The standard InChI is InChI=1S/C11H13BrIN5O/c1-7-8(12)6-18(17-7)4-2-3-14-11(19)10-9(13)5-15-16-10/h5-6H,2-4H2,1H3,(H,14,19)(H,15,16). The highest BCUT2D eigenvalue weighted by Crippen LogP contribution is 2.13. The Labute approximate surface area is 132 Å². The van der Waals surface area contributed by atoms with Crippen molar-refractivity contribution in [2.45, 2.75) is 19.9 Å². The first-order chi connectivity index (χ1) is 9.08. The third-order valence-corrected chi connectivity index (χ3v) is 4.15. The van der Waals surface area contributed by atoms with E-state index < -0.39 is 0 Å². The number of H-pyrrole nitrogens is 1. The Kier molecular flexibility index (Phi) is 4.97. The lowest BCUT2D eigenvalue weighted by atomic mass is 10.3. The van der Waals surface area contributed by atoms with E-state index in [1.165, 1.54) is 0 Å². The van der Waals surface area contributed by atoms with Crippen molar-refractivity contribution in [1.29, 1.82) is 0 Å². The lowest BCUT2D eigenvalue weighted by molar-refractivity contribution is 0.0946. The van der Waals surface area contributed by atoms with Gasteiger partial charge in [0.25, 0.3) is 5.91 Å². The van der Waals surface area contributed by atoms with Crippen LogP contribution in [0.25, 0.3) is 0 Å². The minimum Gasteiger partial charge on any atom is -0.351 e. The monoisotopic (exact) mass is 437 g/mol. The van der Waals surface area contributed by atoms with Crippen molar-refractivity contribution in [3.63, 3.8) is 0 Å². The third-order valence-electron chi connectivity index (χ3n) is 2.56. The quantitative estimate of drug-likeness (QED) is 0.555. The normalized spacial score (nSPS) is 10.7. The van der Waals surface area contributed by atoms with E-state index in [-0.39, 0.29) is 5.91 Å². The molecule has 2 aromatic heterocycles. The van der Waals surface area contributed by atoms with E-state index in [0.29, 0.717) is 12.2 Å². The number of rotatable bonds is 5. The predicted molar refractivity (Wildman–Crippen MR) is 82.9 cm³/mol. The molecule has 0 radical (unpaired) electrons. The molecule has 2 heterocycles. The lowest BCUT2D eigenvalue weighted by Gasteiger charge is -2.04. The fourth-order valence-corrected chi connectivity index (χ4v) is 2.39. The minimum atomic E-state index is -0.125. The van der Waals surface area contributed by atoms with Gasteiger partial charge in [0, 0.05) is 19.3 Å². The molecular weight excluding hydrogens is 425 g/mol. The van der Waals surface area contributed by atoms with Crippen LogP contribution in [0.15, 0.2) is 16.9 Å². The van der Waals surface area contributed by atoms with Crippen molar-refractivity contribution in [3.8, 4) is 0 Å². The molecule has 0 saturated heterocycles. The highest BCUT2D eigenvalue weighted by atomic mass is 127. The van der Waals surface area contributed by atoms with Crippen molar-refractivity contribution in [3.05, 3.63) is 31.8 Å². The Morgan fingerprint density at radius 3 is 3.00 bits per heavy atom. The Hall–Kier alpha value is -0.900. The van der Waals surface area contributed by atoms with Crippen molar-refractivity contribution >= 4 is 44.4 Å². The summed E-state index contributed by atoms with van der Waals surface area (Å²) < 4.78 is 3.69.